The Balaban J connectivity index is 1.55. The molecule has 5 nitrogen and oxygen atoms in total. The van der Waals surface area contributed by atoms with Gasteiger partial charge >= 0.3 is 0 Å². The molecule has 1 aliphatic heterocycles. The van der Waals surface area contributed by atoms with E-state index in [1.165, 1.54) is 12.8 Å². The minimum atomic E-state index is -3.14. The van der Waals surface area contributed by atoms with Gasteiger partial charge in [-0.05, 0) is 38.1 Å². The summed E-state index contributed by atoms with van der Waals surface area (Å²) < 4.78 is 31.3. The Morgan fingerprint density at radius 1 is 1.29 bits per heavy atom. The minimum Gasteiger partial charge on any atom is -0.380 e. The molecule has 100 valence electrons. The fourth-order valence-electron chi connectivity index (χ4n) is 2.03. The van der Waals surface area contributed by atoms with Crippen LogP contribution in [0.15, 0.2) is 0 Å². The van der Waals surface area contributed by atoms with Gasteiger partial charge in [-0.25, -0.2) is 13.1 Å². The maximum atomic E-state index is 11.7. The van der Waals surface area contributed by atoms with Gasteiger partial charge in [0.1, 0.15) is 0 Å². The number of rotatable bonds is 8. The van der Waals surface area contributed by atoms with Crippen LogP contribution in [0.25, 0.3) is 0 Å². The summed E-state index contributed by atoms with van der Waals surface area (Å²) in [6, 6.07) is 0.125. The Kier molecular flexibility index (Phi) is 4.78. The van der Waals surface area contributed by atoms with E-state index in [0.29, 0.717) is 13.2 Å². The van der Waals surface area contributed by atoms with Crippen LogP contribution in [0.5, 0.6) is 0 Å². The van der Waals surface area contributed by atoms with Gasteiger partial charge in [0.2, 0.25) is 10.0 Å². The third-order valence-electron chi connectivity index (χ3n) is 3.20. The van der Waals surface area contributed by atoms with E-state index in [1.807, 2.05) is 0 Å². The molecule has 6 heteroatoms. The van der Waals surface area contributed by atoms with Gasteiger partial charge in [-0.2, -0.15) is 0 Å². The number of hydrogen-bond acceptors (Lipinski definition) is 4. The summed E-state index contributed by atoms with van der Waals surface area (Å²) in [5, 5.41) is 3.19. The average molecular weight is 262 g/mol. The molecule has 0 aromatic heterocycles. The number of nitrogens with one attached hydrogen (secondary N) is 2. The summed E-state index contributed by atoms with van der Waals surface area (Å²) in [7, 11) is -3.14. The van der Waals surface area contributed by atoms with E-state index in [4.69, 9.17) is 4.74 Å². The maximum absolute atomic E-state index is 11.7. The highest BCUT2D eigenvalue weighted by molar-refractivity contribution is 7.89. The molecule has 1 unspecified atom stereocenters. The van der Waals surface area contributed by atoms with E-state index in [1.54, 1.807) is 0 Å². The van der Waals surface area contributed by atoms with Crippen molar-refractivity contribution < 1.29 is 13.2 Å². The Hall–Kier alpha value is -0.170. The zero-order chi connectivity index (χ0) is 12.1. The summed E-state index contributed by atoms with van der Waals surface area (Å²) in [5.41, 5.74) is 0. The standard InChI is InChI=1S/C11H22N2O3S/c14-17(15,9-11-2-1-5-12-11)13-6-7-16-8-10-3-4-10/h10-13H,1-9H2. The van der Waals surface area contributed by atoms with E-state index in [2.05, 4.69) is 10.0 Å². The van der Waals surface area contributed by atoms with Gasteiger partial charge in [-0.15, -0.1) is 0 Å². The van der Waals surface area contributed by atoms with Crippen molar-refractivity contribution in [1.82, 2.24) is 10.0 Å². The molecule has 0 bridgehead atoms. The van der Waals surface area contributed by atoms with Gasteiger partial charge in [0.05, 0.1) is 12.4 Å². The van der Waals surface area contributed by atoms with E-state index in [0.717, 1.165) is 31.9 Å². The zero-order valence-corrected chi connectivity index (χ0v) is 11.0. The molecular weight excluding hydrogens is 240 g/mol. The van der Waals surface area contributed by atoms with Crippen LogP contribution in [-0.2, 0) is 14.8 Å². The Labute approximate surface area is 103 Å². The summed E-state index contributed by atoms with van der Waals surface area (Å²) in [6.07, 6.45) is 4.56. The van der Waals surface area contributed by atoms with Crippen LogP contribution in [0.1, 0.15) is 25.7 Å². The molecular formula is C11H22N2O3S. The number of hydrogen-bond donors (Lipinski definition) is 2. The lowest BCUT2D eigenvalue weighted by molar-refractivity contribution is 0.129. The normalized spacial score (nSPS) is 25.3. The van der Waals surface area contributed by atoms with Gasteiger partial charge in [0.25, 0.3) is 0 Å². The Bertz CT molecular complexity index is 322. The summed E-state index contributed by atoms with van der Waals surface area (Å²) in [6.45, 7) is 2.59. The SMILES string of the molecule is O=S(=O)(CC1CCCN1)NCCOCC1CC1. The molecule has 0 aromatic carbocycles. The highest BCUT2D eigenvalue weighted by Gasteiger charge is 2.22. The smallest absolute Gasteiger partial charge is 0.213 e. The fraction of sp³-hybridized carbons (Fsp3) is 1.00. The van der Waals surface area contributed by atoms with Gasteiger partial charge in [-0.1, -0.05) is 0 Å². The highest BCUT2D eigenvalue weighted by atomic mass is 32.2. The average Bonchev–Trinajstić information content (AvgIpc) is 2.95. The summed E-state index contributed by atoms with van der Waals surface area (Å²) >= 11 is 0. The van der Waals surface area contributed by atoms with Crippen molar-refractivity contribution in [1.29, 1.82) is 0 Å². The first-order chi connectivity index (χ1) is 8.16. The molecule has 0 spiro atoms. The van der Waals surface area contributed by atoms with Crippen LogP contribution in [0.2, 0.25) is 0 Å². The van der Waals surface area contributed by atoms with Crippen LogP contribution >= 0.6 is 0 Å². The second-order valence-corrected chi connectivity index (χ2v) is 6.84. The van der Waals surface area contributed by atoms with Crippen molar-refractivity contribution >= 4 is 10.0 Å². The van der Waals surface area contributed by atoms with Crippen molar-refractivity contribution in [3.8, 4) is 0 Å². The summed E-state index contributed by atoms with van der Waals surface area (Å²) in [5.74, 6) is 0.921. The molecule has 2 rings (SSSR count). The molecule has 1 atom stereocenters. The van der Waals surface area contributed by atoms with Crippen molar-refractivity contribution in [3.63, 3.8) is 0 Å². The highest BCUT2D eigenvalue weighted by Crippen LogP contribution is 2.28. The molecule has 2 fully saturated rings. The maximum Gasteiger partial charge on any atom is 0.213 e. The monoisotopic (exact) mass is 262 g/mol. The fourth-order valence-corrected chi connectivity index (χ4v) is 3.35. The van der Waals surface area contributed by atoms with Gasteiger partial charge in [-0.3, -0.25) is 0 Å². The lowest BCUT2D eigenvalue weighted by Gasteiger charge is -2.11. The van der Waals surface area contributed by atoms with E-state index >= 15 is 0 Å². The molecule has 0 radical (unpaired) electrons. The predicted octanol–water partition coefficient (Wildman–Crippen LogP) is 0.0844. The second-order valence-electron chi connectivity index (χ2n) is 4.99. The van der Waals surface area contributed by atoms with Crippen LogP contribution < -0.4 is 10.0 Å². The molecule has 2 N–H and O–H groups in total. The van der Waals surface area contributed by atoms with E-state index in [-0.39, 0.29) is 11.8 Å². The number of ether oxygens (including phenoxy) is 1. The lowest BCUT2D eigenvalue weighted by atomic mass is 10.3. The van der Waals surface area contributed by atoms with Crippen molar-refractivity contribution in [3.05, 3.63) is 0 Å². The van der Waals surface area contributed by atoms with Crippen LogP contribution in [-0.4, -0.2) is 46.5 Å². The quantitative estimate of drug-likeness (QED) is 0.608. The number of sulfonamides is 1. The topological polar surface area (TPSA) is 67.4 Å². The van der Waals surface area contributed by atoms with Crippen molar-refractivity contribution in [2.75, 3.05) is 32.1 Å². The first-order valence-electron chi connectivity index (χ1n) is 6.44. The van der Waals surface area contributed by atoms with Crippen LogP contribution in [0, 0.1) is 5.92 Å². The third kappa shape index (κ3) is 5.33. The molecule has 1 aliphatic carbocycles. The largest absolute Gasteiger partial charge is 0.380 e. The van der Waals surface area contributed by atoms with Gasteiger partial charge in [0.15, 0.2) is 0 Å². The molecule has 1 saturated heterocycles. The lowest BCUT2D eigenvalue weighted by Crippen LogP contribution is -2.37. The van der Waals surface area contributed by atoms with E-state index in [9.17, 15) is 8.42 Å². The predicted molar refractivity (Wildman–Crippen MR) is 66.4 cm³/mol. The third-order valence-corrected chi connectivity index (χ3v) is 4.69. The molecule has 0 aromatic rings. The molecule has 2 aliphatic rings. The van der Waals surface area contributed by atoms with Crippen molar-refractivity contribution in [2.24, 2.45) is 5.92 Å². The van der Waals surface area contributed by atoms with Crippen molar-refractivity contribution in [2.45, 2.75) is 31.7 Å². The second kappa shape index (κ2) is 6.13. The first-order valence-corrected chi connectivity index (χ1v) is 8.09. The Morgan fingerprint density at radius 2 is 2.12 bits per heavy atom. The zero-order valence-electron chi connectivity index (χ0n) is 10.2. The Morgan fingerprint density at radius 3 is 2.76 bits per heavy atom. The first kappa shape index (κ1) is 13.3. The molecule has 1 heterocycles. The van der Waals surface area contributed by atoms with E-state index < -0.39 is 10.0 Å². The molecule has 1 saturated carbocycles. The van der Waals surface area contributed by atoms with Gasteiger partial charge < -0.3 is 10.1 Å². The van der Waals surface area contributed by atoms with Crippen LogP contribution in [0.3, 0.4) is 0 Å². The minimum absolute atomic E-state index is 0.125. The molecule has 17 heavy (non-hydrogen) atoms. The summed E-state index contributed by atoms with van der Waals surface area (Å²) in [4.78, 5) is 0. The van der Waals surface area contributed by atoms with Crippen LogP contribution in [0.4, 0.5) is 0 Å². The molecule has 0 amide bonds. The van der Waals surface area contributed by atoms with Gasteiger partial charge in [0, 0.05) is 19.2 Å².